The lowest BCUT2D eigenvalue weighted by Gasteiger charge is -2.19. The van der Waals surface area contributed by atoms with E-state index in [4.69, 9.17) is 13.9 Å². The first-order valence-corrected chi connectivity index (χ1v) is 9.43. The lowest BCUT2D eigenvalue weighted by molar-refractivity contribution is 0.0467. The smallest absolute Gasteiger partial charge is 0.412 e. The summed E-state index contributed by atoms with van der Waals surface area (Å²) in [6.07, 6.45) is 0.865. The van der Waals surface area contributed by atoms with Gasteiger partial charge in [0.25, 0.3) is 0 Å². The van der Waals surface area contributed by atoms with E-state index in [2.05, 4.69) is 10.3 Å². The van der Waals surface area contributed by atoms with Crippen molar-refractivity contribution in [2.75, 3.05) is 5.32 Å². The Kier molecular flexibility index (Phi) is 5.79. The second-order valence-corrected chi connectivity index (χ2v) is 7.85. The van der Waals surface area contributed by atoms with Crippen LogP contribution >= 0.6 is 11.3 Å². The molecule has 3 aromatic rings. The van der Waals surface area contributed by atoms with Crippen molar-refractivity contribution in [3.05, 3.63) is 59.3 Å². The Balaban J connectivity index is 1.58. The van der Waals surface area contributed by atoms with Gasteiger partial charge in [-0.3, -0.25) is 5.32 Å². The molecule has 8 heteroatoms. The third kappa shape index (κ3) is 5.43. The number of hydrogen-bond donors (Lipinski definition) is 1. The molecule has 0 aliphatic heterocycles. The Morgan fingerprint density at radius 2 is 2.04 bits per heavy atom. The molecule has 1 aromatic carbocycles. The number of thiophene rings is 1. The summed E-state index contributed by atoms with van der Waals surface area (Å²) >= 11 is 1.51. The number of aromatic nitrogens is 1. The van der Waals surface area contributed by atoms with E-state index in [0.717, 1.165) is 4.88 Å². The van der Waals surface area contributed by atoms with Crippen molar-refractivity contribution in [2.24, 2.45) is 0 Å². The zero-order valence-electron chi connectivity index (χ0n) is 15.7. The Bertz CT molecular complexity index is 957. The van der Waals surface area contributed by atoms with Crippen LogP contribution in [0.1, 0.15) is 36.8 Å². The molecule has 0 spiro atoms. The molecule has 0 radical (unpaired) electrons. The number of esters is 1. The maximum Gasteiger partial charge on any atom is 0.412 e. The van der Waals surface area contributed by atoms with E-state index in [1.54, 1.807) is 39.0 Å². The van der Waals surface area contributed by atoms with E-state index in [-0.39, 0.29) is 6.61 Å². The first-order chi connectivity index (χ1) is 13.3. The van der Waals surface area contributed by atoms with Crippen LogP contribution in [-0.4, -0.2) is 22.6 Å². The zero-order valence-corrected chi connectivity index (χ0v) is 16.5. The third-order valence-electron chi connectivity index (χ3n) is 3.38. The highest BCUT2D eigenvalue weighted by molar-refractivity contribution is 7.13. The molecule has 0 bridgehead atoms. The van der Waals surface area contributed by atoms with Gasteiger partial charge in [-0.2, -0.15) is 0 Å². The molecule has 1 amide bonds. The van der Waals surface area contributed by atoms with Crippen LogP contribution in [-0.2, 0) is 16.1 Å². The fraction of sp³-hybridized carbons (Fsp3) is 0.250. The molecule has 3 rings (SSSR count). The highest BCUT2D eigenvalue weighted by atomic mass is 32.1. The standard InChI is InChI=1S/C20H20N2O5S/c1-20(2,3)27-19(24)22-14-7-4-6-13(10-14)18(23)26-12-15-11-25-17(21-15)16-8-5-9-28-16/h4-11H,12H2,1-3H3,(H,22,24). The van der Waals surface area contributed by atoms with Crippen LogP contribution in [0.5, 0.6) is 0 Å². The van der Waals surface area contributed by atoms with Gasteiger partial charge in [0, 0.05) is 5.69 Å². The van der Waals surface area contributed by atoms with Crippen LogP contribution in [0.4, 0.5) is 10.5 Å². The summed E-state index contributed by atoms with van der Waals surface area (Å²) < 4.78 is 15.9. The number of oxazole rings is 1. The summed E-state index contributed by atoms with van der Waals surface area (Å²) in [6.45, 7) is 5.30. The average Bonchev–Trinajstić information content (AvgIpc) is 3.29. The van der Waals surface area contributed by atoms with E-state index in [0.29, 0.717) is 22.8 Å². The molecule has 0 fully saturated rings. The molecule has 2 heterocycles. The Hall–Kier alpha value is -3.13. The predicted molar refractivity (Wildman–Crippen MR) is 105 cm³/mol. The summed E-state index contributed by atoms with van der Waals surface area (Å²) in [5.74, 6) is -0.0434. The number of nitrogens with zero attached hydrogens (tertiary/aromatic N) is 1. The van der Waals surface area contributed by atoms with Gasteiger partial charge in [-0.05, 0) is 50.4 Å². The van der Waals surface area contributed by atoms with Gasteiger partial charge in [0.15, 0.2) is 0 Å². The second kappa shape index (κ2) is 8.26. The molecule has 7 nitrogen and oxygen atoms in total. The van der Waals surface area contributed by atoms with Crippen LogP contribution in [0.2, 0.25) is 0 Å². The average molecular weight is 400 g/mol. The van der Waals surface area contributed by atoms with Gasteiger partial charge in [-0.25, -0.2) is 14.6 Å². The number of benzene rings is 1. The summed E-state index contributed by atoms with van der Waals surface area (Å²) in [7, 11) is 0. The summed E-state index contributed by atoms with van der Waals surface area (Å²) in [6, 6.07) is 10.2. The van der Waals surface area contributed by atoms with Crippen LogP contribution in [0.15, 0.2) is 52.5 Å². The van der Waals surface area contributed by atoms with Crippen molar-refractivity contribution < 1.29 is 23.5 Å². The quantitative estimate of drug-likeness (QED) is 0.599. The molecule has 28 heavy (non-hydrogen) atoms. The van der Waals surface area contributed by atoms with E-state index in [1.807, 2.05) is 17.5 Å². The van der Waals surface area contributed by atoms with Gasteiger partial charge in [-0.15, -0.1) is 11.3 Å². The fourth-order valence-corrected chi connectivity index (χ4v) is 2.91. The van der Waals surface area contributed by atoms with Crippen molar-refractivity contribution in [1.82, 2.24) is 4.98 Å². The predicted octanol–water partition coefficient (Wildman–Crippen LogP) is 5.11. The minimum Gasteiger partial charge on any atom is -0.455 e. The Labute approximate surface area is 166 Å². The molecule has 0 aliphatic carbocycles. The topological polar surface area (TPSA) is 90.7 Å². The largest absolute Gasteiger partial charge is 0.455 e. The van der Waals surface area contributed by atoms with Crippen molar-refractivity contribution in [3.63, 3.8) is 0 Å². The number of anilines is 1. The molecule has 0 saturated carbocycles. The number of ether oxygens (including phenoxy) is 2. The lowest BCUT2D eigenvalue weighted by atomic mass is 10.2. The van der Waals surface area contributed by atoms with E-state index < -0.39 is 17.7 Å². The summed E-state index contributed by atoms with van der Waals surface area (Å²) in [5, 5.41) is 4.52. The van der Waals surface area contributed by atoms with E-state index >= 15 is 0 Å². The molecule has 2 aromatic heterocycles. The minimum absolute atomic E-state index is 0.0164. The second-order valence-electron chi connectivity index (χ2n) is 6.91. The number of carbonyl (C=O) groups excluding carboxylic acids is 2. The molecule has 0 atom stereocenters. The number of nitrogens with one attached hydrogen (secondary N) is 1. The summed E-state index contributed by atoms with van der Waals surface area (Å²) in [4.78, 5) is 29.4. The molecule has 0 unspecified atom stereocenters. The van der Waals surface area contributed by atoms with Crippen molar-refractivity contribution in [2.45, 2.75) is 33.0 Å². The van der Waals surface area contributed by atoms with Crippen molar-refractivity contribution in [1.29, 1.82) is 0 Å². The number of rotatable bonds is 5. The third-order valence-corrected chi connectivity index (χ3v) is 4.24. The maximum absolute atomic E-state index is 12.3. The maximum atomic E-state index is 12.3. The van der Waals surface area contributed by atoms with E-state index in [1.165, 1.54) is 23.7 Å². The number of amides is 1. The van der Waals surface area contributed by atoms with Gasteiger partial charge in [-0.1, -0.05) is 12.1 Å². The summed E-state index contributed by atoms with van der Waals surface area (Å²) in [5.41, 5.74) is 0.639. The van der Waals surface area contributed by atoms with Gasteiger partial charge >= 0.3 is 12.1 Å². The van der Waals surface area contributed by atoms with E-state index in [9.17, 15) is 9.59 Å². The molecular weight excluding hydrogens is 380 g/mol. The highest BCUT2D eigenvalue weighted by Crippen LogP contribution is 2.24. The van der Waals surface area contributed by atoms with Gasteiger partial charge in [0.1, 0.15) is 24.2 Å². The molecular formula is C20H20N2O5S. The van der Waals surface area contributed by atoms with Gasteiger partial charge in [0.2, 0.25) is 5.89 Å². The fourth-order valence-electron chi connectivity index (χ4n) is 2.25. The first-order valence-electron chi connectivity index (χ1n) is 8.56. The minimum atomic E-state index is -0.611. The SMILES string of the molecule is CC(C)(C)OC(=O)Nc1cccc(C(=O)OCc2coc(-c3cccs3)n2)c1. The first kappa shape index (κ1) is 19.6. The molecule has 1 N–H and O–H groups in total. The van der Waals surface area contributed by atoms with Crippen LogP contribution in [0.25, 0.3) is 10.8 Å². The highest BCUT2D eigenvalue weighted by Gasteiger charge is 2.17. The molecule has 0 saturated heterocycles. The number of carbonyl (C=O) groups is 2. The van der Waals surface area contributed by atoms with Gasteiger partial charge in [0.05, 0.1) is 10.4 Å². The Morgan fingerprint density at radius 1 is 1.21 bits per heavy atom. The van der Waals surface area contributed by atoms with Crippen LogP contribution in [0, 0.1) is 0 Å². The molecule has 0 aliphatic rings. The van der Waals surface area contributed by atoms with Crippen molar-refractivity contribution >= 4 is 29.1 Å². The molecule has 146 valence electrons. The normalized spacial score (nSPS) is 11.1. The lowest BCUT2D eigenvalue weighted by Crippen LogP contribution is -2.27. The van der Waals surface area contributed by atoms with Crippen LogP contribution in [0.3, 0.4) is 0 Å². The van der Waals surface area contributed by atoms with Crippen molar-refractivity contribution in [3.8, 4) is 10.8 Å². The number of hydrogen-bond acceptors (Lipinski definition) is 7. The Morgan fingerprint density at radius 3 is 2.75 bits per heavy atom. The van der Waals surface area contributed by atoms with Gasteiger partial charge < -0.3 is 13.9 Å². The monoisotopic (exact) mass is 400 g/mol. The van der Waals surface area contributed by atoms with Crippen LogP contribution < -0.4 is 5.32 Å². The zero-order chi connectivity index (χ0) is 20.1.